The van der Waals surface area contributed by atoms with Gasteiger partial charge in [-0.3, -0.25) is 10.1 Å². The number of aromatic nitrogens is 4. The first-order valence-electron chi connectivity index (χ1n) is 5.35. The standard InChI is InChI=1S/C9H18N6O/c1-7(2)10-6-4-5-8(16)11-9-12-14-15(3)13-9/h7,10H,4-6H2,1-3H3,(H,11,13,16). The third-order valence-corrected chi connectivity index (χ3v) is 1.89. The Bertz CT molecular complexity index is 334. The summed E-state index contributed by atoms with van der Waals surface area (Å²) >= 11 is 0. The molecule has 0 atom stereocenters. The summed E-state index contributed by atoms with van der Waals surface area (Å²) in [5, 5.41) is 17.0. The molecule has 1 heterocycles. The third-order valence-electron chi connectivity index (χ3n) is 1.89. The number of aryl methyl sites for hydroxylation is 1. The van der Waals surface area contributed by atoms with E-state index in [1.165, 1.54) is 4.80 Å². The maximum Gasteiger partial charge on any atom is 0.270 e. The predicted octanol–water partition coefficient (Wildman–Crippen LogP) is -0.0732. The van der Waals surface area contributed by atoms with Gasteiger partial charge in [-0.05, 0) is 18.2 Å². The summed E-state index contributed by atoms with van der Waals surface area (Å²) in [6, 6.07) is 0.449. The minimum Gasteiger partial charge on any atom is -0.315 e. The molecular formula is C9H18N6O. The van der Waals surface area contributed by atoms with Crippen LogP contribution < -0.4 is 10.6 Å². The molecule has 0 radical (unpaired) electrons. The lowest BCUT2D eigenvalue weighted by Crippen LogP contribution is -2.24. The molecule has 16 heavy (non-hydrogen) atoms. The van der Waals surface area contributed by atoms with Crippen LogP contribution in [0.1, 0.15) is 26.7 Å². The van der Waals surface area contributed by atoms with E-state index >= 15 is 0 Å². The second-order valence-corrected chi connectivity index (χ2v) is 3.86. The lowest BCUT2D eigenvalue weighted by atomic mass is 10.3. The van der Waals surface area contributed by atoms with Gasteiger partial charge in [0.25, 0.3) is 5.95 Å². The molecule has 0 aliphatic rings. The van der Waals surface area contributed by atoms with Crippen LogP contribution in [0.15, 0.2) is 0 Å². The van der Waals surface area contributed by atoms with Crippen molar-refractivity contribution >= 4 is 11.9 Å². The molecule has 1 aromatic rings. The molecule has 1 amide bonds. The fourth-order valence-corrected chi connectivity index (χ4v) is 1.16. The first-order valence-corrected chi connectivity index (χ1v) is 5.35. The average Bonchev–Trinajstić information content (AvgIpc) is 2.58. The zero-order valence-electron chi connectivity index (χ0n) is 9.90. The highest BCUT2D eigenvalue weighted by molar-refractivity contribution is 5.88. The molecule has 0 bridgehead atoms. The van der Waals surface area contributed by atoms with Crippen molar-refractivity contribution in [3.63, 3.8) is 0 Å². The molecule has 90 valence electrons. The second-order valence-electron chi connectivity index (χ2n) is 3.86. The van der Waals surface area contributed by atoms with Gasteiger partial charge in [0.1, 0.15) is 0 Å². The molecular weight excluding hydrogens is 208 g/mol. The number of anilines is 1. The SMILES string of the molecule is CC(C)NCCCC(=O)Nc1nnn(C)n1. The number of carbonyl (C=O) groups is 1. The Hall–Kier alpha value is -1.50. The lowest BCUT2D eigenvalue weighted by molar-refractivity contribution is -0.116. The van der Waals surface area contributed by atoms with Gasteiger partial charge in [-0.2, -0.15) is 4.80 Å². The smallest absolute Gasteiger partial charge is 0.270 e. The van der Waals surface area contributed by atoms with Crippen molar-refractivity contribution in [3.05, 3.63) is 0 Å². The monoisotopic (exact) mass is 226 g/mol. The van der Waals surface area contributed by atoms with E-state index in [4.69, 9.17) is 0 Å². The van der Waals surface area contributed by atoms with E-state index in [1.807, 2.05) is 0 Å². The topological polar surface area (TPSA) is 84.7 Å². The highest BCUT2D eigenvalue weighted by atomic mass is 16.1. The van der Waals surface area contributed by atoms with Crippen molar-refractivity contribution in [2.24, 2.45) is 7.05 Å². The van der Waals surface area contributed by atoms with Crippen molar-refractivity contribution in [3.8, 4) is 0 Å². The van der Waals surface area contributed by atoms with Crippen LogP contribution in [0.5, 0.6) is 0 Å². The molecule has 1 rings (SSSR count). The Morgan fingerprint density at radius 1 is 1.50 bits per heavy atom. The molecule has 0 aromatic carbocycles. The minimum absolute atomic E-state index is 0.0847. The fraction of sp³-hybridized carbons (Fsp3) is 0.778. The molecule has 7 nitrogen and oxygen atoms in total. The highest BCUT2D eigenvalue weighted by Gasteiger charge is 2.05. The molecule has 0 saturated heterocycles. The first kappa shape index (κ1) is 12.6. The molecule has 0 unspecified atom stereocenters. The minimum atomic E-state index is -0.0847. The van der Waals surface area contributed by atoms with Crippen molar-refractivity contribution in [1.29, 1.82) is 0 Å². The van der Waals surface area contributed by atoms with Crippen molar-refractivity contribution in [2.75, 3.05) is 11.9 Å². The summed E-state index contributed by atoms with van der Waals surface area (Å²) in [4.78, 5) is 12.7. The summed E-state index contributed by atoms with van der Waals surface area (Å²) in [6.45, 7) is 4.98. The van der Waals surface area contributed by atoms with Crippen LogP contribution in [0.2, 0.25) is 0 Å². The largest absolute Gasteiger partial charge is 0.315 e. The van der Waals surface area contributed by atoms with E-state index in [0.29, 0.717) is 12.5 Å². The lowest BCUT2D eigenvalue weighted by Gasteiger charge is -2.06. The van der Waals surface area contributed by atoms with Crippen molar-refractivity contribution in [2.45, 2.75) is 32.7 Å². The van der Waals surface area contributed by atoms with Crippen LogP contribution in [0.3, 0.4) is 0 Å². The number of amides is 1. The first-order chi connectivity index (χ1) is 7.58. The molecule has 0 aliphatic carbocycles. The van der Waals surface area contributed by atoms with Gasteiger partial charge >= 0.3 is 0 Å². The Labute approximate surface area is 94.6 Å². The van der Waals surface area contributed by atoms with Crippen LogP contribution in [0.4, 0.5) is 5.95 Å². The van der Waals surface area contributed by atoms with E-state index in [9.17, 15) is 4.79 Å². The van der Waals surface area contributed by atoms with Gasteiger partial charge in [0.15, 0.2) is 0 Å². The van der Waals surface area contributed by atoms with Gasteiger partial charge in [-0.15, -0.1) is 5.10 Å². The zero-order chi connectivity index (χ0) is 12.0. The van der Waals surface area contributed by atoms with E-state index in [0.717, 1.165) is 13.0 Å². The number of rotatable bonds is 6. The van der Waals surface area contributed by atoms with Gasteiger partial charge in [0.2, 0.25) is 5.91 Å². The number of tetrazole rings is 1. The van der Waals surface area contributed by atoms with Gasteiger partial charge in [-0.25, -0.2) is 0 Å². The molecule has 2 N–H and O–H groups in total. The van der Waals surface area contributed by atoms with E-state index in [1.54, 1.807) is 7.05 Å². The maximum absolute atomic E-state index is 11.4. The third kappa shape index (κ3) is 4.83. The van der Waals surface area contributed by atoms with Gasteiger partial charge in [0.05, 0.1) is 7.05 Å². The van der Waals surface area contributed by atoms with Gasteiger partial charge < -0.3 is 5.32 Å². The number of nitrogens with zero attached hydrogens (tertiary/aromatic N) is 4. The maximum atomic E-state index is 11.4. The van der Waals surface area contributed by atoms with Crippen molar-refractivity contribution < 1.29 is 4.79 Å². The number of hydrogen-bond acceptors (Lipinski definition) is 5. The van der Waals surface area contributed by atoms with Gasteiger partial charge in [-0.1, -0.05) is 18.9 Å². The number of hydrogen-bond donors (Lipinski definition) is 2. The molecule has 0 spiro atoms. The molecule has 1 aromatic heterocycles. The van der Waals surface area contributed by atoms with Crippen LogP contribution >= 0.6 is 0 Å². The second kappa shape index (κ2) is 6.16. The van der Waals surface area contributed by atoms with Gasteiger partial charge in [0, 0.05) is 12.5 Å². The van der Waals surface area contributed by atoms with Crippen LogP contribution in [-0.4, -0.2) is 38.7 Å². The molecule has 0 saturated carbocycles. The quantitative estimate of drug-likeness (QED) is 0.663. The summed E-state index contributed by atoms with van der Waals surface area (Å²) < 4.78 is 0. The highest BCUT2D eigenvalue weighted by Crippen LogP contribution is 1.96. The summed E-state index contributed by atoms with van der Waals surface area (Å²) in [5.74, 6) is 0.169. The van der Waals surface area contributed by atoms with Crippen LogP contribution in [-0.2, 0) is 11.8 Å². The molecule has 0 aliphatic heterocycles. The number of carbonyl (C=O) groups excluding carboxylic acids is 1. The van der Waals surface area contributed by atoms with Crippen LogP contribution in [0.25, 0.3) is 0 Å². The Morgan fingerprint density at radius 2 is 2.25 bits per heavy atom. The van der Waals surface area contributed by atoms with E-state index in [-0.39, 0.29) is 11.9 Å². The average molecular weight is 226 g/mol. The normalized spacial score (nSPS) is 10.8. The fourth-order valence-electron chi connectivity index (χ4n) is 1.16. The number of nitrogens with one attached hydrogen (secondary N) is 2. The predicted molar refractivity (Wildman–Crippen MR) is 59.8 cm³/mol. The summed E-state index contributed by atoms with van der Waals surface area (Å²) in [5.41, 5.74) is 0. The summed E-state index contributed by atoms with van der Waals surface area (Å²) in [7, 11) is 1.65. The van der Waals surface area contributed by atoms with E-state index in [2.05, 4.69) is 39.9 Å². The van der Waals surface area contributed by atoms with E-state index < -0.39 is 0 Å². The Morgan fingerprint density at radius 3 is 2.81 bits per heavy atom. The zero-order valence-corrected chi connectivity index (χ0v) is 9.90. The molecule has 7 heteroatoms. The molecule has 0 fully saturated rings. The van der Waals surface area contributed by atoms with Crippen LogP contribution in [0, 0.1) is 0 Å². The summed E-state index contributed by atoms with van der Waals surface area (Å²) in [6.07, 6.45) is 1.25. The van der Waals surface area contributed by atoms with Crippen molar-refractivity contribution in [1.82, 2.24) is 25.5 Å². The Kier molecular flexibility index (Phi) is 4.84. The Balaban J connectivity index is 2.16.